The Morgan fingerprint density at radius 1 is 1.24 bits per heavy atom. The van der Waals surface area contributed by atoms with E-state index in [0.717, 1.165) is 11.1 Å². The number of hydrogen-bond acceptors (Lipinski definition) is 3. The third-order valence-corrected chi connectivity index (χ3v) is 3.41. The number of hydrogen-bond donors (Lipinski definition) is 0. The second-order valence-electron chi connectivity index (χ2n) is 3.51. The summed E-state index contributed by atoms with van der Waals surface area (Å²) in [6.45, 7) is 0. The largest absolute Gasteiger partial charge is 0.287 e. The molecule has 0 saturated heterocycles. The average molecular weight is 247 g/mol. The molecular weight excluding hydrogens is 234 g/mol. The molecule has 1 heterocycles. The molecule has 0 N–H and O–H groups in total. The predicted octanol–water partition coefficient (Wildman–Crippen LogP) is 3.05. The van der Waals surface area contributed by atoms with Crippen LogP contribution >= 0.6 is 11.3 Å². The van der Waals surface area contributed by atoms with Crippen molar-refractivity contribution in [2.24, 2.45) is 0 Å². The number of benzene rings is 1. The van der Waals surface area contributed by atoms with Gasteiger partial charge in [-0.3, -0.25) is 9.63 Å². The monoisotopic (exact) mass is 247 g/mol. The molecule has 0 unspecified atom stereocenters. The van der Waals surface area contributed by atoms with Crippen LogP contribution in [-0.4, -0.2) is 25.1 Å². The lowest BCUT2D eigenvalue weighted by Crippen LogP contribution is -2.24. The predicted molar refractivity (Wildman–Crippen MR) is 68.9 cm³/mol. The van der Waals surface area contributed by atoms with Gasteiger partial charge in [-0.15, -0.1) is 11.3 Å². The first kappa shape index (κ1) is 11.8. The highest BCUT2D eigenvalue weighted by molar-refractivity contribution is 7.12. The lowest BCUT2D eigenvalue weighted by molar-refractivity contribution is -0.0753. The van der Waals surface area contributed by atoms with Gasteiger partial charge in [0.15, 0.2) is 0 Å². The molecule has 0 atom stereocenters. The Morgan fingerprint density at radius 2 is 1.94 bits per heavy atom. The fourth-order valence-electron chi connectivity index (χ4n) is 1.55. The van der Waals surface area contributed by atoms with E-state index in [9.17, 15) is 4.79 Å². The highest BCUT2D eigenvalue weighted by Gasteiger charge is 2.17. The van der Waals surface area contributed by atoms with Gasteiger partial charge >= 0.3 is 0 Å². The summed E-state index contributed by atoms with van der Waals surface area (Å²) in [6, 6.07) is 11.8. The van der Waals surface area contributed by atoms with Crippen LogP contribution in [0.3, 0.4) is 0 Å². The van der Waals surface area contributed by atoms with E-state index in [1.807, 2.05) is 41.8 Å². The van der Waals surface area contributed by atoms with Gasteiger partial charge in [-0.25, -0.2) is 5.06 Å². The smallest absolute Gasteiger partial charge is 0.274 e. The van der Waals surface area contributed by atoms with E-state index in [1.165, 1.54) is 23.5 Å². The number of rotatable bonds is 3. The second kappa shape index (κ2) is 5.12. The molecule has 0 saturated carbocycles. The van der Waals surface area contributed by atoms with E-state index >= 15 is 0 Å². The van der Waals surface area contributed by atoms with Gasteiger partial charge in [-0.1, -0.05) is 30.3 Å². The molecule has 4 heteroatoms. The summed E-state index contributed by atoms with van der Waals surface area (Å²) in [6.07, 6.45) is 0. The van der Waals surface area contributed by atoms with Gasteiger partial charge in [0.2, 0.25) is 0 Å². The molecular formula is C13H13NO2S. The molecule has 17 heavy (non-hydrogen) atoms. The number of carbonyl (C=O) groups is 1. The van der Waals surface area contributed by atoms with Crippen molar-refractivity contribution >= 4 is 17.2 Å². The van der Waals surface area contributed by atoms with Crippen LogP contribution in [0.2, 0.25) is 0 Å². The van der Waals surface area contributed by atoms with E-state index < -0.39 is 0 Å². The molecule has 0 radical (unpaired) electrons. The van der Waals surface area contributed by atoms with Gasteiger partial charge in [0.05, 0.1) is 7.11 Å². The van der Waals surface area contributed by atoms with Crippen LogP contribution in [0.5, 0.6) is 0 Å². The Hall–Kier alpha value is -1.65. The average Bonchev–Trinajstić information content (AvgIpc) is 2.87. The zero-order valence-electron chi connectivity index (χ0n) is 9.71. The standard InChI is InChI=1S/C13H13NO2S/c1-14(16-2)13(15)12-11(8-9-17-12)10-6-4-3-5-7-10/h3-9H,1-2H3. The lowest BCUT2D eigenvalue weighted by atomic mass is 10.1. The maximum atomic E-state index is 12.0. The summed E-state index contributed by atoms with van der Waals surface area (Å²) in [4.78, 5) is 17.7. The summed E-state index contributed by atoms with van der Waals surface area (Å²) in [5.41, 5.74) is 1.99. The Morgan fingerprint density at radius 3 is 2.59 bits per heavy atom. The van der Waals surface area contributed by atoms with Gasteiger partial charge in [-0.2, -0.15) is 0 Å². The van der Waals surface area contributed by atoms with Crippen molar-refractivity contribution in [3.63, 3.8) is 0 Å². The van der Waals surface area contributed by atoms with Crippen molar-refractivity contribution in [3.8, 4) is 11.1 Å². The van der Waals surface area contributed by atoms with Gasteiger partial charge in [0.1, 0.15) is 4.88 Å². The molecule has 1 amide bonds. The van der Waals surface area contributed by atoms with Crippen LogP contribution in [0.15, 0.2) is 41.8 Å². The minimum atomic E-state index is -0.124. The summed E-state index contributed by atoms with van der Waals surface area (Å²) in [5, 5.41) is 3.15. The van der Waals surface area contributed by atoms with Crippen molar-refractivity contribution in [3.05, 3.63) is 46.7 Å². The summed E-state index contributed by atoms with van der Waals surface area (Å²) in [5.74, 6) is -0.124. The van der Waals surface area contributed by atoms with Gasteiger partial charge < -0.3 is 0 Å². The van der Waals surface area contributed by atoms with Crippen LogP contribution in [0.25, 0.3) is 11.1 Å². The topological polar surface area (TPSA) is 29.5 Å². The molecule has 88 valence electrons. The molecule has 2 aromatic rings. The maximum absolute atomic E-state index is 12.0. The van der Waals surface area contributed by atoms with Gasteiger partial charge in [0.25, 0.3) is 5.91 Å². The Labute approximate surface area is 104 Å². The first-order chi connectivity index (χ1) is 8.24. The van der Waals surface area contributed by atoms with Crippen LogP contribution in [-0.2, 0) is 4.84 Å². The first-order valence-corrected chi connectivity index (χ1v) is 6.07. The maximum Gasteiger partial charge on any atom is 0.287 e. The van der Waals surface area contributed by atoms with Gasteiger partial charge in [-0.05, 0) is 17.0 Å². The number of carbonyl (C=O) groups excluding carboxylic acids is 1. The minimum Gasteiger partial charge on any atom is -0.274 e. The molecule has 0 aliphatic heterocycles. The molecule has 1 aromatic heterocycles. The molecule has 0 fully saturated rings. The zero-order valence-corrected chi connectivity index (χ0v) is 10.5. The SMILES string of the molecule is CON(C)C(=O)c1sccc1-c1ccccc1. The molecule has 2 rings (SSSR count). The molecule has 0 bridgehead atoms. The lowest BCUT2D eigenvalue weighted by Gasteiger charge is -2.13. The number of hydroxylamine groups is 2. The first-order valence-electron chi connectivity index (χ1n) is 5.19. The summed E-state index contributed by atoms with van der Waals surface area (Å²) in [7, 11) is 3.09. The van der Waals surface area contributed by atoms with E-state index in [1.54, 1.807) is 7.05 Å². The third kappa shape index (κ3) is 2.38. The Bertz CT molecular complexity index is 507. The molecule has 3 nitrogen and oxygen atoms in total. The number of nitrogens with zero attached hydrogens (tertiary/aromatic N) is 1. The van der Waals surface area contributed by atoms with Crippen LogP contribution < -0.4 is 0 Å². The number of amides is 1. The number of thiophene rings is 1. The van der Waals surface area contributed by atoms with E-state index in [4.69, 9.17) is 4.84 Å². The van der Waals surface area contributed by atoms with E-state index in [2.05, 4.69) is 0 Å². The van der Waals surface area contributed by atoms with Crippen molar-refractivity contribution in [2.45, 2.75) is 0 Å². The van der Waals surface area contributed by atoms with E-state index in [0.29, 0.717) is 4.88 Å². The van der Waals surface area contributed by atoms with Crippen LogP contribution in [0, 0.1) is 0 Å². The van der Waals surface area contributed by atoms with Crippen molar-refractivity contribution in [2.75, 3.05) is 14.2 Å². The van der Waals surface area contributed by atoms with Crippen molar-refractivity contribution < 1.29 is 9.63 Å². The van der Waals surface area contributed by atoms with Crippen LogP contribution in [0.1, 0.15) is 9.67 Å². The van der Waals surface area contributed by atoms with Crippen molar-refractivity contribution in [1.82, 2.24) is 5.06 Å². The zero-order chi connectivity index (χ0) is 12.3. The Balaban J connectivity index is 2.39. The van der Waals surface area contributed by atoms with Gasteiger partial charge in [0, 0.05) is 12.6 Å². The molecule has 0 aliphatic rings. The molecule has 0 spiro atoms. The second-order valence-corrected chi connectivity index (χ2v) is 4.43. The fourth-order valence-corrected chi connectivity index (χ4v) is 2.43. The molecule has 0 aliphatic carbocycles. The summed E-state index contributed by atoms with van der Waals surface area (Å²) < 4.78 is 0. The quantitative estimate of drug-likeness (QED) is 0.780. The third-order valence-electron chi connectivity index (χ3n) is 2.50. The molecule has 1 aromatic carbocycles. The highest BCUT2D eigenvalue weighted by Crippen LogP contribution is 2.28. The Kier molecular flexibility index (Phi) is 3.56. The van der Waals surface area contributed by atoms with E-state index in [-0.39, 0.29) is 5.91 Å². The fraction of sp³-hybridized carbons (Fsp3) is 0.154. The summed E-state index contributed by atoms with van der Waals surface area (Å²) >= 11 is 1.42. The minimum absolute atomic E-state index is 0.124. The van der Waals surface area contributed by atoms with Crippen LogP contribution in [0.4, 0.5) is 0 Å². The van der Waals surface area contributed by atoms with Crippen molar-refractivity contribution in [1.29, 1.82) is 0 Å². The normalized spacial score (nSPS) is 10.2. The highest BCUT2D eigenvalue weighted by atomic mass is 32.1.